The van der Waals surface area contributed by atoms with Crippen molar-refractivity contribution in [3.63, 3.8) is 0 Å². The normalized spacial score (nSPS) is 14.1. The summed E-state index contributed by atoms with van der Waals surface area (Å²) < 4.78 is 4.91. The quantitative estimate of drug-likeness (QED) is 0.178. The molecule has 0 amide bonds. The molecule has 0 saturated carbocycles. The van der Waals surface area contributed by atoms with Crippen LogP contribution in [0.5, 0.6) is 0 Å². The minimum absolute atomic E-state index is 0.276. The van der Waals surface area contributed by atoms with E-state index in [2.05, 4.69) is 215 Å². The molecule has 0 fully saturated rings. The van der Waals surface area contributed by atoms with Gasteiger partial charge < -0.3 is 14.5 Å². The third-order valence-corrected chi connectivity index (χ3v) is 12.9. The zero-order valence-corrected chi connectivity index (χ0v) is 34.7. The van der Waals surface area contributed by atoms with Crippen molar-refractivity contribution in [3.8, 4) is 22.5 Å². The number of fused-ring (bicyclic) bond motifs is 9. The Morgan fingerprint density at radius 1 is 0.375 bits per heavy atom. The van der Waals surface area contributed by atoms with Crippen LogP contribution in [0.2, 0.25) is 0 Å². The molecule has 0 bridgehead atoms. The van der Waals surface area contributed by atoms with E-state index in [1.807, 2.05) is 24.3 Å². The zero-order chi connectivity index (χ0) is 42.1. The molecular weight excluding hydrogens is 779 g/mol. The number of rotatable bonds is 6. The van der Waals surface area contributed by atoms with Gasteiger partial charge >= 0.3 is 0 Å². The maximum atomic E-state index is 5.17. The highest BCUT2D eigenvalue weighted by atomic mass is 15.2. The van der Waals surface area contributed by atoms with Crippen LogP contribution in [0, 0.1) is 0 Å². The number of nitrogens with zero attached hydrogens (tertiary/aromatic N) is 4. The molecule has 1 N–H and O–H groups in total. The van der Waals surface area contributed by atoms with Crippen LogP contribution in [0.15, 0.2) is 234 Å². The van der Waals surface area contributed by atoms with Gasteiger partial charge in [0.1, 0.15) is 12.0 Å². The van der Waals surface area contributed by atoms with E-state index < -0.39 is 0 Å². The van der Waals surface area contributed by atoms with Crippen LogP contribution < -0.4 is 5.32 Å². The van der Waals surface area contributed by atoms with Crippen LogP contribution in [-0.4, -0.2) is 20.8 Å². The highest BCUT2D eigenvalue weighted by molar-refractivity contribution is 6.27. The number of hydrogen-bond acceptors (Lipinski definition) is 3. The molecule has 0 radical (unpaired) electrons. The maximum absolute atomic E-state index is 5.17. The number of hydrogen-bond donors (Lipinski definition) is 1. The molecular formula is C59H39N5. The van der Waals surface area contributed by atoms with Crippen LogP contribution in [0.4, 0.5) is 0 Å². The zero-order valence-electron chi connectivity index (χ0n) is 34.7. The van der Waals surface area contributed by atoms with Crippen molar-refractivity contribution in [3.05, 3.63) is 241 Å². The van der Waals surface area contributed by atoms with Gasteiger partial charge in [-0.1, -0.05) is 176 Å². The molecule has 5 heteroatoms. The van der Waals surface area contributed by atoms with E-state index in [1.165, 1.54) is 60.0 Å². The monoisotopic (exact) mass is 817 g/mol. The predicted molar refractivity (Wildman–Crippen MR) is 267 cm³/mol. The minimum atomic E-state index is -0.276. The maximum Gasteiger partial charge on any atom is 0.159 e. The molecule has 0 spiro atoms. The van der Waals surface area contributed by atoms with Crippen LogP contribution in [0.3, 0.4) is 0 Å². The molecule has 1 unspecified atom stereocenters. The van der Waals surface area contributed by atoms with E-state index in [0.717, 1.165) is 50.2 Å². The smallest absolute Gasteiger partial charge is 0.159 e. The average molecular weight is 818 g/mol. The Kier molecular flexibility index (Phi) is 8.21. The summed E-state index contributed by atoms with van der Waals surface area (Å²) in [4.78, 5) is 10.3. The van der Waals surface area contributed by atoms with Gasteiger partial charge in [-0.05, 0) is 86.8 Å². The molecule has 64 heavy (non-hydrogen) atoms. The first kappa shape index (κ1) is 36.1. The van der Waals surface area contributed by atoms with Gasteiger partial charge in [0, 0.05) is 44.0 Å². The molecule has 300 valence electrons. The fraction of sp³-hybridized carbons (Fsp3) is 0.0169. The van der Waals surface area contributed by atoms with Crippen LogP contribution >= 0.6 is 0 Å². The van der Waals surface area contributed by atoms with Gasteiger partial charge in [-0.2, -0.15) is 0 Å². The third kappa shape index (κ3) is 5.71. The van der Waals surface area contributed by atoms with Gasteiger partial charge in [0.15, 0.2) is 5.84 Å². The van der Waals surface area contributed by atoms with Crippen molar-refractivity contribution >= 4 is 76.8 Å². The summed E-state index contributed by atoms with van der Waals surface area (Å²) in [6.07, 6.45) is -0.276. The molecule has 3 heterocycles. The van der Waals surface area contributed by atoms with Crippen molar-refractivity contribution in [2.45, 2.75) is 6.17 Å². The minimum Gasteiger partial charge on any atom is -0.344 e. The Labute approximate surface area is 369 Å². The first-order chi connectivity index (χ1) is 31.7. The van der Waals surface area contributed by atoms with Crippen LogP contribution in [0.25, 0.3) is 87.7 Å². The van der Waals surface area contributed by atoms with Crippen molar-refractivity contribution in [1.29, 1.82) is 0 Å². The van der Waals surface area contributed by atoms with Gasteiger partial charge in [0.05, 0.1) is 22.1 Å². The van der Waals surface area contributed by atoms with E-state index in [0.29, 0.717) is 5.84 Å². The highest BCUT2D eigenvalue weighted by Crippen LogP contribution is 2.44. The molecule has 13 rings (SSSR count). The number of amidine groups is 2. The Morgan fingerprint density at radius 2 is 1.02 bits per heavy atom. The first-order valence-electron chi connectivity index (χ1n) is 21.9. The molecule has 0 saturated heterocycles. The number of nitrogens with one attached hydrogen (secondary N) is 1. The summed E-state index contributed by atoms with van der Waals surface area (Å²) in [7, 11) is 0. The summed E-state index contributed by atoms with van der Waals surface area (Å²) in [6.45, 7) is 0. The SMILES string of the molecule is c1ccc(C2=NC(c3ccccc3)NC(c3cccc4cc(-n5c6ccccc6c6cc7c8c9ccccc9c(-c9ccccc9)cc8n(-c8ccccc8)c7cc65)ccc34)=N2)cc1. The summed E-state index contributed by atoms with van der Waals surface area (Å²) in [5, 5.41) is 13.4. The lowest BCUT2D eigenvalue weighted by molar-refractivity contribution is 0.674. The molecule has 1 aliphatic heterocycles. The molecule has 1 aliphatic rings. The Morgan fingerprint density at radius 3 is 1.80 bits per heavy atom. The van der Waals surface area contributed by atoms with Gasteiger partial charge in [-0.25, -0.2) is 9.98 Å². The summed E-state index contributed by atoms with van der Waals surface area (Å²) in [5.41, 5.74) is 12.5. The molecule has 0 aliphatic carbocycles. The van der Waals surface area contributed by atoms with E-state index in [1.54, 1.807) is 0 Å². The van der Waals surface area contributed by atoms with Crippen molar-refractivity contribution in [2.75, 3.05) is 0 Å². The highest BCUT2D eigenvalue weighted by Gasteiger charge is 2.24. The lowest BCUT2D eigenvalue weighted by atomic mass is 9.94. The second-order valence-corrected chi connectivity index (χ2v) is 16.6. The molecule has 1 atom stereocenters. The van der Waals surface area contributed by atoms with E-state index in [4.69, 9.17) is 9.98 Å². The molecule has 5 nitrogen and oxygen atoms in total. The summed E-state index contributed by atoms with van der Waals surface area (Å²) in [6, 6.07) is 80.6. The fourth-order valence-electron chi connectivity index (χ4n) is 10.1. The topological polar surface area (TPSA) is 46.6 Å². The second-order valence-electron chi connectivity index (χ2n) is 16.6. The molecule has 10 aromatic carbocycles. The lowest BCUT2D eigenvalue weighted by Crippen LogP contribution is -2.33. The van der Waals surface area contributed by atoms with Gasteiger partial charge in [-0.15, -0.1) is 0 Å². The standard InChI is InChI=1S/C59H39N5/c1-5-18-38(19-6-1)49-36-55-56(47-29-14-13-27-45(47)49)51-35-50-46-28-15-16-31-52(46)64(53(50)37-54(51)63(55)42-25-11-4-12-26-42)43-32-33-44-41(34-43)24-17-30-48(44)59-61-57(39-20-7-2-8-21-39)60-58(62-59)40-22-9-3-10-23-40/h1-37,57H,(H,60,61,62). The van der Waals surface area contributed by atoms with Gasteiger partial charge in [0.2, 0.25) is 0 Å². The van der Waals surface area contributed by atoms with Crippen molar-refractivity contribution < 1.29 is 0 Å². The van der Waals surface area contributed by atoms with E-state index >= 15 is 0 Å². The molecule has 2 aromatic heterocycles. The van der Waals surface area contributed by atoms with Crippen molar-refractivity contribution in [1.82, 2.24) is 14.5 Å². The van der Waals surface area contributed by atoms with Crippen LogP contribution in [0.1, 0.15) is 22.9 Å². The summed E-state index contributed by atoms with van der Waals surface area (Å²) >= 11 is 0. The third-order valence-electron chi connectivity index (χ3n) is 12.9. The number of aromatic nitrogens is 2. The Hall–Kier alpha value is -8.54. The number of para-hydroxylation sites is 2. The Balaban J connectivity index is 1.03. The van der Waals surface area contributed by atoms with Gasteiger partial charge in [-0.3, -0.25) is 0 Å². The summed E-state index contributed by atoms with van der Waals surface area (Å²) in [5.74, 6) is 1.52. The number of benzene rings is 10. The fourth-order valence-corrected chi connectivity index (χ4v) is 10.1. The van der Waals surface area contributed by atoms with Crippen molar-refractivity contribution in [2.24, 2.45) is 9.98 Å². The van der Waals surface area contributed by atoms with Crippen LogP contribution in [-0.2, 0) is 0 Å². The van der Waals surface area contributed by atoms with E-state index in [-0.39, 0.29) is 6.17 Å². The van der Waals surface area contributed by atoms with E-state index in [9.17, 15) is 0 Å². The number of aliphatic imine (C=N–C) groups is 2. The second kappa shape index (κ2) is 14.5. The largest absolute Gasteiger partial charge is 0.344 e. The Bertz CT molecular complexity index is 3850. The average Bonchev–Trinajstić information content (AvgIpc) is 3.87. The first-order valence-corrected chi connectivity index (χ1v) is 21.9. The lowest BCUT2D eigenvalue weighted by Gasteiger charge is -2.24. The molecule has 12 aromatic rings. The predicted octanol–water partition coefficient (Wildman–Crippen LogP) is 14.3. The van der Waals surface area contributed by atoms with Gasteiger partial charge in [0.25, 0.3) is 0 Å².